The summed E-state index contributed by atoms with van der Waals surface area (Å²) in [4.78, 5) is 18.1. The summed E-state index contributed by atoms with van der Waals surface area (Å²) in [6.07, 6.45) is 6.99. The predicted octanol–water partition coefficient (Wildman–Crippen LogP) is 2.62. The molecule has 2 rings (SSSR count). The van der Waals surface area contributed by atoms with E-state index in [1.807, 2.05) is 18.9 Å². The summed E-state index contributed by atoms with van der Waals surface area (Å²) >= 11 is 0. The molecule has 0 aromatic rings. The van der Waals surface area contributed by atoms with E-state index >= 15 is 0 Å². The van der Waals surface area contributed by atoms with Crippen LogP contribution in [0.5, 0.6) is 0 Å². The van der Waals surface area contributed by atoms with Gasteiger partial charge >= 0.3 is 0 Å². The molecule has 1 saturated heterocycles. The predicted molar refractivity (Wildman–Crippen MR) is 100 cm³/mol. The molecule has 24 heavy (non-hydrogen) atoms. The number of hydrogen-bond donors (Lipinski definition) is 2. The number of amides is 1. The van der Waals surface area contributed by atoms with Gasteiger partial charge in [-0.1, -0.05) is 20.8 Å². The summed E-state index contributed by atoms with van der Waals surface area (Å²) in [5.41, 5.74) is 0. The van der Waals surface area contributed by atoms with E-state index in [-0.39, 0.29) is 5.91 Å². The van der Waals surface area contributed by atoms with Gasteiger partial charge in [0.25, 0.3) is 0 Å². The number of carbonyl (C=O) groups excluding carboxylic acids is 1. The van der Waals surface area contributed by atoms with Crippen molar-refractivity contribution in [3.05, 3.63) is 0 Å². The van der Waals surface area contributed by atoms with E-state index < -0.39 is 0 Å². The Hall–Kier alpha value is -1.26. The molecule has 2 N–H and O–H groups in total. The zero-order valence-corrected chi connectivity index (χ0v) is 16.0. The fourth-order valence-corrected chi connectivity index (χ4v) is 4.02. The summed E-state index contributed by atoms with van der Waals surface area (Å²) < 4.78 is 0. The van der Waals surface area contributed by atoms with Gasteiger partial charge in [-0.25, -0.2) is 0 Å². The molecule has 1 saturated carbocycles. The summed E-state index contributed by atoms with van der Waals surface area (Å²) in [5.74, 6) is 3.64. The molecular weight excluding hydrogens is 300 g/mol. The van der Waals surface area contributed by atoms with Crippen molar-refractivity contribution in [2.24, 2.45) is 22.7 Å². The molecule has 0 spiro atoms. The first-order valence-corrected chi connectivity index (χ1v) is 9.78. The SMILES string of the molecule is CCC(=O)N1CCC(NC(=NC)NCC2CCC(C(C)C)CC2)C1. The van der Waals surface area contributed by atoms with Crippen LogP contribution >= 0.6 is 0 Å². The molecule has 1 unspecified atom stereocenters. The Balaban J connectivity index is 1.69. The van der Waals surface area contributed by atoms with Crippen molar-refractivity contribution >= 4 is 11.9 Å². The second kappa shape index (κ2) is 9.28. The van der Waals surface area contributed by atoms with E-state index in [0.29, 0.717) is 12.5 Å². The normalized spacial score (nSPS) is 28.3. The Morgan fingerprint density at radius 3 is 2.50 bits per heavy atom. The van der Waals surface area contributed by atoms with Crippen LogP contribution < -0.4 is 10.6 Å². The van der Waals surface area contributed by atoms with Crippen LogP contribution in [0.15, 0.2) is 4.99 Å². The van der Waals surface area contributed by atoms with Gasteiger partial charge in [0.15, 0.2) is 5.96 Å². The van der Waals surface area contributed by atoms with Gasteiger partial charge in [0, 0.05) is 39.1 Å². The highest BCUT2D eigenvalue weighted by Crippen LogP contribution is 2.32. The second-order valence-electron chi connectivity index (χ2n) is 7.80. The molecule has 5 nitrogen and oxygen atoms in total. The van der Waals surface area contributed by atoms with Crippen molar-refractivity contribution in [1.82, 2.24) is 15.5 Å². The lowest BCUT2D eigenvalue weighted by molar-refractivity contribution is -0.129. The maximum absolute atomic E-state index is 11.8. The van der Waals surface area contributed by atoms with Crippen LogP contribution in [-0.2, 0) is 4.79 Å². The lowest BCUT2D eigenvalue weighted by atomic mass is 9.77. The van der Waals surface area contributed by atoms with Gasteiger partial charge in [-0.15, -0.1) is 0 Å². The average Bonchev–Trinajstić information content (AvgIpc) is 3.06. The standard InChI is InChI=1S/C19H36N4O/c1-5-18(24)23-11-10-17(13-23)22-19(20-4)21-12-15-6-8-16(9-7-15)14(2)3/h14-17H,5-13H2,1-4H3,(H2,20,21,22). The zero-order valence-electron chi connectivity index (χ0n) is 16.0. The Bertz CT molecular complexity index is 427. The first-order chi connectivity index (χ1) is 11.5. The van der Waals surface area contributed by atoms with Gasteiger partial charge in [0.05, 0.1) is 0 Å². The largest absolute Gasteiger partial charge is 0.356 e. The number of aliphatic imine (C=N–C) groups is 1. The van der Waals surface area contributed by atoms with E-state index in [2.05, 4.69) is 29.5 Å². The first kappa shape index (κ1) is 19.1. The molecular formula is C19H36N4O. The average molecular weight is 337 g/mol. The molecule has 2 fully saturated rings. The van der Waals surface area contributed by atoms with E-state index in [4.69, 9.17) is 0 Å². The zero-order chi connectivity index (χ0) is 17.5. The number of likely N-dealkylation sites (tertiary alicyclic amines) is 1. The molecule has 0 bridgehead atoms. The maximum Gasteiger partial charge on any atom is 0.222 e. The topological polar surface area (TPSA) is 56.7 Å². The smallest absolute Gasteiger partial charge is 0.222 e. The van der Waals surface area contributed by atoms with Crippen LogP contribution in [0.2, 0.25) is 0 Å². The molecule has 1 heterocycles. The first-order valence-electron chi connectivity index (χ1n) is 9.78. The molecule has 138 valence electrons. The number of hydrogen-bond acceptors (Lipinski definition) is 2. The minimum absolute atomic E-state index is 0.254. The maximum atomic E-state index is 11.8. The Morgan fingerprint density at radius 2 is 1.92 bits per heavy atom. The highest BCUT2D eigenvalue weighted by Gasteiger charge is 2.26. The molecule has 0 aromatic carbocycles. The highest BCUT2D eigenvalue weighted by molar-refractivity contribution is 5.80. The number of rotatable bonds is 5. The quantitative estimate of drug-likeness (QED) is 0.599. The van der Waals surface area contributed by atoms with E-state index in [0.717, 1.165) is 49.8 Å². The number of carbonyl (C=O) groups is 1. The Labute approximate surface area is 147 Å². The molecule has 0 radical (unpaired) electrons. The van der Waals surface area contributed by atoms with Crippen LogP contribution in [0.1, 0.15) is 59.3 Å². The minimum Gasteiger partial charge on any atom is -0.356 e. The third-order valence-corrected chi connectivity index (χ3v) is 5.80. The fraction of sp³-hybridized carbons (Fsp3) is 0.895. The summed E-state index contributed by atoms with van der Waals surface area (Å²) in [6.45, 7) is 9.30. The number of nitrogens with zero attached hydrogens (tertiary/aromatic N) is 2. The van der Waals surface area contributed by atoms with Crippen LogP contribution in [0, 0.1) is 17.8 Å². The van der Waals surface area contributed by atoms with Crippen molar-refractivity contribution in [2.75, 3.05) is 26.7 Å². The fourth-order valence-electron chi connectivity index (χ4n) is 4.02. The Kier molecular flexibility index (Phi) is 7.38. The van der Waals surface area contributed by atoms with Gasteiger partial charge < -0.3 is 15.5 Å². The minimum atomic E-state index is 0.254. The lowest BCUT2D eigenvalue weighted by Crippen LogP contribution is -2.46. The summed E-state index contributed by atoms with van der Waals surface area (Å²) in [6, 6.07) is 0.323. The van der Waals surface area contributed by atoms with E-state index in [1.54, 1.807) is 0 Å². The van der Waals surface area contributed by atoms with Gasteiger partial charge in [-0.05, 0) is 49.9 Å². The van der Waals surface area contributed by atoms with Crippen molar-refractivity contribution < 1.29 is 4.79 Å². The van der Waals surface area contributed by atoms with Crippen molar-refractivity contribution in [2.45, 2.75) is 65.3 Å². The molecule has 1 aliphatic carbocycles. The third-order valence-electron chi connectivity index (χ3n) is 5.80. The number of nitrogens with one attached hydrogen (secondary N) is 2. The van der Waals surface area contributed by atoms with Crippen molar-refractivity contribution in [1.29, 1.82) is 0 Å². The van der Waals surface area contributed by atoms with Crippen LogP contribution in [0.4, 0.5) is 0 Å². The van der Waals surface area contributed by atoms with Gasteiger partial charge in [0.1, 0.15) is 0 Å². The lowest BCUT2D eigenvalue weighted by Gasteiger charge is -2.31. The van der Waals surface area contributed by atoms with Gasteiger partial charge in [0.2, 0.25) is 5.91 Å². The second-order valence-corrected chi connectivity index (χ2v) is 7.80. The summed E-state index contributed by atoms with van der Waals surface area (Å²) in [5, 5.41) is 6.99. The van der Waals surface area contributed by atoms with Crippen LogP contribution in [0.3, 0.4) is 0 Å². The molecule has 1 amide bonds. The van der Waals surface area contributed by atoms with E-state index in [9.17, 15) is 4.79 Å². The van der Waals surface area contributed by atoms with Gasteiger partial charge in [-0.2, -0.15) is 0 Å². The van der Waals surface area contributed by atoms with Crippen molar-refractivity contribution in [3.8, 4) is 0 Å². The molecule has 0 aromatic heterocycles. The Morgan fingerprint density at radius 1 is 1.21 bits per heavy atom. The number of guanidine groups is 1. The van der Waals surface area contributed by atoms with E-state index in [1.165, 1.54) is 25.7 Å². The molecule has 2 aliphatic rings. The highest BCUT2D eigenvalue weighted by atomic mass is 16.2. The van der Waals surface area contributed by atoms with Gasteiger partial charge in [-0.3, -0.25) is 9.79 Å². The van der Waals surface area contributed by atoms with Crippen LogP contribution in [-0.4, -0.2) is 49.5 Å². The molecule has 1 atom stereocenters. The molecule has 5 heteroatoms. The third kappa shape index (κ3) is 5.38. The summed E-state index contributed by atoms with van der Waals surface area (Å²) in [7, 11) is 1.83. The van der Waals surface area contributed by atoms with Crippen molar-refractivity contribution in [3.63, 3.8) is 0 Å². The molecule has 1 aliphatic heterocycles. The van der Waals surface area contributed by atoms with Crippen LogP contribution in [0.25, 0.3) is 0 Å². The monoisotopic (exact) mass is 336 g/mol.